The highest BCUT2D eigenvalue weighted by Crippen LogP contribution is 2.33. The highest BCUT2D eigenvalue weighted by Gasteiger charge is 2.37. The molecule has 0 bridgehead atoms. The van der Waals surface area contributed by atoms with Crippen molar-refractivity contribution < 1.29 is 14.3 Å². The lowest BCUT2D eigenvalue weighted by molar-refractivity contribution is -0.127. The van der Waals surface area contributed by atoms with Crippen LogP contribution in [0.25, 0.3) is 0 Å². The standard InChI is InChI=1S/C24H25ClN2O3/c25-17-11-12-21-19(13-17)22(28)20(15-26-14-16-7-3-1-4-8-16)23(30-21)24(29)27-18-9-5-2-6-10-18/h1,3-4,7-8,11-13,15,18,23,26H,2,5-6,9-10,14H2,(H,27,29)/b20-15+. The highest BCUT2D eigenvalue weighted by molar-refractivity contribution is 6.31. The van der Waals surface area contributed by atoms with Crippen LogP contribution in [-0.2, 0) is 11.3 Å². The number of carbonyl (C=O) groups excluding carboxylic acids is 2. The minimum atomic E-state index is -0.989. The molecular weight excluding hydrogens is 400 g/mol. The van der Waals surface area contributed by atoms with Gasteiger partial charge in [-0.05, 0) is 36.6 Å². The fourth-order valence-corrected chi connectivity index (χ4v) is 4.15. The number of carbonyl (C=O) groups is 2. The summed E-state index contributed by atoms with van der Waals surface area (Å²) in [6.45, 7) is 0.539. The monoisotopic (exact) mass is 424 g/mol. The third kappa shape index (κ3) is 4.68. The minimum Gasteiger partial charge on any atom is -0.475 e. The maximum atomic E-state index is 13.2. The molecule has 1 unspecified atom stereocenters. The predicted octanol–water partition coefficient (Wildman–Crippen LogP) is 4.41. The van der Waals surface area contributed by atoms with Crippen LogP contribution in [0.15, 0.2) is 60.3 Å². The Labute approximate surface area is 181 Å². The van der Waals surface area contributed by atoms with Crippen molar-refractivity contribution in [3.05, 3.63) is 76.5 Å². The first-order valence-corrected chi connectivity index (χ1v) is 10.8. The molecule has 2 aliphatic rings. The summed E-state index contributed by atoms with van der Waals surface area (Å²) in [4.78, 5) is 26.2. The van der Waals surface area contributed by atoms with Gasteiger partial charge in [-0.25, -0.2) is 0 Å². The Morgan fingerprint density at radius 1 is 1.10 bits per heavy atom. The molecule has 0 radical (unpaired) electrons. The van der Waals surface area contributed by atoms with E-state index < -0.39 is 6.10 Å². The zero-order valence-electron chi connectivity index (χ0n) is 16.7. The number of benzene rings is 2. The van der Waals surface area contributed by atoms with Crippen molar-refractivity contribution in [2.75, 3.05) is 0 Å². The number of ketones is 1. The van der Waals surface area contributed by atoms with Crippen molar-refractivity contribution in [2.24, 2.45) is 0 Å². The largest absolute Gasteiger partial charge is 0.475 e. The average molecular weight is 425 g/mol. The van der Waals surface area contributed by atoms with Gasteiger partial charge in [0.25, 0.3) is 5.91 Å². The van der Waals surface area contributed by atoms with E-state index >= 15 is 0 Å². The summed E-state index contributed by atoms with van der Waals surface area (Å²) in [7, 11) is 0. The van der Waals surface area contributed by atoms with E-state index in [1.165, 1.54) is 6.42 Å². The van der Waals surface area contributed by atoms with Gasteiger partial charge in [-0.1, -0.05) is 61.2 Å². The molecule has 30 heavy (non-hydrogen) atoms. The van der Waals surface area contributed by atoms with E-state index in [4.69, 9.17) is 16.3 Å². The van der Waals surface area contributed by atoms with E-state index in [0.29, 0.717) is 22.9 Å². The van der Waals surface area contributed by atoms with Crippen LogP contribution in [0, 0.1) is 0 Å². The summed E-state index contributed by atoms with van der Waals surface area (Å²) in [6, 6.07) is 14.9. The van der Waals surface area contributed by atoms with E-state index in [1.807, 2.05) is 30.3 Å². The SMILES string of the molecule is O=C1/C(=C\NCc2ccccc2)C(C(=O)NC2CCCCC2)Oc2ccc(Cl)cc21. The van der Waals surface area contributed by atoms with Gasteiger partial charge in [0.05, 0.1) is 11.1 Å². The normalized spacial score (nSPS) is 20.4. The lowest BCUT2D eigenvalue weighted by Gasteiger charge is -2.30. The van der Waals surface area contributed by atoms with Gasteiger partial charge in [0, 0.05) is 23.8 Å². The van der Waals surface area contributed by atoms with E-state index in [0.717, 1.165) is 31.2 Å². The molecule has 6 heteroatoms. The van der Waals surface area contributed by atoms with Gasteiger partial charge in [0.2, 0.25) is 6.10 Å². The van der Waals surface area contributed by atoms with Crippen LogP contribution in [0.5, 0.6) is 5.75 Å². The lowest BCUT2D eigenvalue weighted by atomic mass is 9.93. The first-order valence-electron chi connectivity index (χ1n) is 10.4. The number of rotatable bonds is 5. The molecule has 1 aliphatic heterocycles. The second-order valence-corrected chi connectivity index (χ2v) is 8.21. The number of hydrogen-bond donors (Lipinski definition) is 2. The third-order valence-electron chi connectivity index (χ3n) is 5.57. The van der Waals surface area contributed by atoms with Gasteiger partial charge in [-0.2, -0.15) is 0 Å². The van der Waals surface area contributed by atoms with Crippen LogP contribution in [0.3, 0.4) is 0 Å². The van der Waals surface area contributed by atoms with Crippen LogP contribution in [0.2, 0.25) is 5.02 Å². The summed E-state index contributed by atoms with van der Waals surface area (Å²) < 4.78 is 5.98. The Kier molecular flexibility index (Phi) is 6.38. The summed E-state index contributed by atoms with van der Waals surface area (Å²) in [5.74, 6) is -0.139. The molecule has 2 aromatic rings. The van der Waals surface area contributed by atoms with Crippen molar-refractivity contribution in [3.8, 4) is 5.75 Å². The molecule has 1 atom stereocenters. The summed E-state index contributed by atoms with van der Waals surface area (Å²) in [5.41, 5.74) is 1.73. The second-order valence-electron chi connectivity index (χ2n) is 7.78. The quantitative estimate of drug-likeness (QED) is 0.698. The van der Waals surface area contributed by atoms with Gasteiger partial charge in [-0.15, -0.1) is 0 Å². The van der Waals surface area contributed by atoms with Crippen LogP contribution in [-0.4, -0.2) is 23.8 Å². The topological polar surface area (TPSA) is 67.4 Å². The van der Waals surface area contributed by atoms with E-state index in [-0.39, 0.29) is 23.3 Å². The smallest absolute Gasteiger partial charge is 0.266 e. The molecule has 0 spiro atoms. The molecule has 1 fully saturated rings. The Bertz CT molecular complexity index is 952. The Morgan fingerprint density at radius 2 is 1.87 bits per heavy atom. The van der Waals surface area contributed by atoms with Crippen LogP contribution in [0.1, 0.15) is 48.0 Å². The summed E-state index contributed by atoms with van der Waals surface area (Å²) in [6.07, 6.45) is 5.96. The van der Waals surface area contributed by atoms with Crippen molar-refractivity contribution >= 4 is 23.3 Å². The van der Waals surface area contributed by atoms with Crippen molar-refractivity contribution in [1.82, 2.24) is 10.6 Å². The Morgan fingerprint density at radius 3 is 2.63 bits per heavy atom. The molecule has 0 saturated heterocycles. The van der Waals surface area contributed by atoms with Crippen molar-refractivity contribution in [1.29, 1.82) is 0 Å². The number of hydrogen-bond acceptors (Lipinski definition) is 4. The fourth-order valence-electron chi connectivity index (χ4n) is 3.98. The van der Waals surface area contributed by atoms with Crippen LogP contribution >= 0.6 is 11.6 Å². The molecule has 156 valence electrons. The zero-order valence-corrected chi connectivity index (χ0v) is 17.5. The molecule has 4 rings (SSSR count). The minimum absolute atomic E-state index is 0.134. The van der Waals surface area contributed by atoms with Gasteiger partial charge in [0.1, 0.15) is 5.75 Å². The molecule has 2 N–H and O–H groups in total. The van der Waals surface area contributed by atoms with Gasteiger partial charge < -0.3 is 15.4 Å². The number of amides is 1. The maximum absolute atomic E-state index is 13.2. The van der Waals surface area contributed by atoms with E-state index in [1.54, 1.807) is 24.4 Å². The van der Waals surface area contributed by atoms with Crippen LogP contribution < -0.4 is 15.4 Å². The zero-order chi connectivity index (χ0) is 20.9. The Balaban J connectivity index is 1.57. The lowest BCUT2D eigenvalue weighted by Crippen LogP contribution is -2.48. The van der Waals surface area contributed by atoms with Gasteiger partial charge in [0.15, 0.2) is 5.78 Å². The fraction of sp³-hybridized carbons (Fsp3) is 0.333. The van der Waals surface area contributed by atoms with E-state index in [9.17, 15) is 9.59 Å². The molecule has 0 aromatic heterocycles. The predicted molar refractivity (Wildman–Crippen MR) is 117 cm³/mol. The number of ether oxygens (including phenoxy) is 1. The Hall–Kier alpha value is -2.79. The first kappa shape index (κ1) is 20.5. The summed E-state index contributed by atoms with van der Waals surface area (Å²) >= 11 is 6.08. The molecule has 2 aromatic carbocycles. The molecule has 1 heterocycles. The number of halogens is 1. The van der Waals surface area contributed by atoms with Crippen molar-refractivity contribution in [2.45, 2.75) is 50.8 Å². The molecule has 1 saturated carbocycles. The number of Topliss-reactive ketones (excluding diaryl/α,β-unsaturated/α-hetero) is 1. The molecular formula is C24H25ClN2O3. The van der Waals surface area contributed by atoms with Crippen molar-refractivity contribution in [3.63, 3.8) is 0 Å². The molecule has 1 amide bonds. The average Bonchev–Trinajstić information content (AvgIpc) is 2.77. The van der Waals surface area contributed by atoms with Gasteiger partial charge >= 0.3 is 0 Å². The molecule has 5 nitrogen and oxygen atoms in total. The second kappa shape index (κ2) is 9.35. The number of fused-ring (bicyclic) bond motifs is 1. The molecule has 1 aliphatic carbocycles. The summed E-state index contributed by atoms with van der Waals surface area (Å²) in [5, 5.41) is 6.69. The maximum Gasteiger partial charge on any atom is 0.266 e. The van der Waals surface area contributed by atoms with E-state index in [2.05, 4.69) is 10.6 Å². The third-order valence-corrected chi connectivity index (χ3v) is 5.81. The van der Waals surface area contributed by atoms with Crippen LogP contribution in [0.4, 0.5) is 0 Å². The first-order chi connectivity index (χ1) is 14.6. The van der Waals surface area contributed by atoms with Gasteiger partial charge in [-0.3, -0.25) is 9.59 Å². The number of nitrogens with one attached hydrogen (secondary N) is 2. The highest BCUT2D eigenvalue weighted by atomic mass is 35.5.